The summed E-state index contributed by atoms with van der Waals surface area (Å²) in [5.74, 6) is 1.16. The number of fused-ring (bicyclic) bond motifs is 1. The number of ether oxygens (including phenoxy) is 4. The fourth-order valence-corrected chi connectivity index (χ4v) is 3.63. The van der Waals surface area contributed by atoms with Gasteiger partial charge in [0.15, 0.2) is 23.9 Å². The van der Waals surface area contributed by atoms with Crippen molar-refractivity contribution in [1.29, 1.82) is 0 Å². The van der Waals surface area contributed by atoms with E-state index in [9.17, 15) is 9.59 Å². The van der Waals surface area contributed by atoms with Crippen molar-refractivity contribution in [3.05, 3.63) is 75.9 Å². The van der Waals surface area contributed by atoms with Gasteiger partial charge >= 0.3 is 0 Å². The van der Waals surface area contributed by atoms with Gasteiger partial charge in [-0.25, -0.2) is 0 Å². The normalized spacial score (nSPS) is 10.6. The van der Waals surface area contributed by atoms with E-state index in [-0.39, 0.29) is 16.9 Å². The zero-order valence-electron chi connectivity index (χ0n) is 19.2. The van der Waals surface area contributed by atoms with Gasteiger partial charge in [-0.2, -0.15) is 0 Å². The maximum atomic E-state index is 13.3. The number of halogens is 1. The molecule has 0 radical (unpaired) electrons. The highest BCUT2D eigenvalue weighted by atomic mass is 35.5. The van der Waals surface area contributed by atoms with Crippen LogP contribution in [0.5, 0.6) is 23.0 Å². The van der Waals surface area contributed by atoms with E-state index >= 15 is 0 Å². The van der Waals surface area contributed by atoms with Gasteiger partial charge in [0.1, 0.15) is 11.3 Å². The van der Waals surface area contributed by atoms with E-state index in [0.717, 1.165) is 0 Å². The summed E-state index contributed by atoms with van der Waals surface area (Å²) >= 11 is 6.09. The summed E-state index contributed by atoms with van der Waals surface area (Å²) in [6.07, 6.45) is 0. The molecule has 0 spiro atoms. The lowest BCUT2D eigenvalue weighted by Crippen LogP contribution is -2.22. The highest BCUT2D eigenvalue weighted by Gasteiger charge is 2.20. The molecule has 0 unspecified atom stereocenters. The first-order valence-corrected chi connectivity index (χ1v) is 10.9. The predicted molar refractivity (Wildman–Crippen MR) is 133 cm³/mol. The number of hydrogen-bond acceptors (Lipinski definition) is 7. The van der Waals surface area contributed by atoms with Crippen LogP contribution in [-0.4, -0.2) is 33.8 Å². The minimum atomic E-state index is -0.462. The number of carbonyl (C=O) groups is 1. The van der Waals surface area contributed by atoms with E-state index in [2.05, 4.69) is 5.32 Å². The number of hydrogen-bond donors (Lipinski definition) is 1. The number of amides is 1. The van der Waals surface area contributed by atoms with Crippen molar-refractivity contribution < 1.29 is 28.2 Å². The molecule has 180 valence electrons. The molecule has 9 heteroatoms. The van der Waals surface area contributed by atoms with Gasteiger partial charge in [0.05, 0.1) is 26.7 Å². The van der Waals surface area contributed by atoms with Gasteiger partial charge in [0.25, 0.3) is 5.91 Å². The van der Waals surface area contributed by atoms with Crippen LogP contribution in [0.3, 0.4) is 0 Å². The van der Waals surface area contributed by atoms with Gasteiger partial charge in [-0.3, -0.25) is 9.59 Å². The minimum absolute atomic E-state index is 0.128. The Balaban J connectivity index is 1.70. The molecule has 1 heterocycles. The molecule has 0 fully saturated rings. The van der Waals surface area contributed by atoms with Gasteiger partial charge in [-0.15, -0.1) is 0 Å². The average Bonchev–Trinajstić information content (AvgIpc) is 2.88. The molecule has 0 saturated carbocycles. The second kappa shape index (κ2) is 10.4. The van der Waals surface area contributed by atoms with Gasteiger partial charge in [0.2, 0.25) is 11.2 Å². The van der Waals surface area contributed by atoms with Crippen LogP contribution in [0.15, 0.2) is 69.9 Å². The number of rotatable bonds is 8. The molecule has 1 N–H and O–H groups in total. The maximum Gasteiger partial charge on any atom is 0.262 e. The largest absolute Gasteiger partial charge is 0.497 e. The van der Waals surface area contributed by atoms with Crippen molar-refractivity contribution in [2.45, 2.75) is 0 Å². The Morgan fingerprint density at radius 2 is 1.66 bits per heavy atom. The fraction of sp³-hybridized carbons (Fsp3) is 0.154. The van der Waals surface area contributed by atoms with E-state index in [1.54, 1.807) is 61.7 Å². The minimum Gasteiger partial charge on any atom is -0.497 e. The van der Waals surface area contributed by atoms with Gasteiger partial charge in [0, 0.05) is 16.3 Å². The summed E-state index contributed by atoms with van der Waals surface area (Å²) in [4.78, 5) is 25.9. The SMILES string of the molecule is COc1ccc(NC(=O)COc2c(-c3ccc(OC)c(OC)c3)oc3ccc(Cl)cc3c2=O)cc1. The zero-order chi connectivity index (χ0) is 24.9. The lowest BCUT2D eigenvalue weighted by Gasteiger charge is -2.14. The highest BCUT2D eigenvalue weighted by molar-refractivity contribution is 6.31. The third-order valence-corrected chi connectivity index (χ3v) is 5.41. The summed E-state index contributed by atoms with van der Waals surface area (Å²) in [6, 6.07) is 16.6. The predicted octanol–water partition coefficient (Wildman–Crippen LogP) is 5.16. The molecule has 35 heavy (non-hydrogen) atoms. The molecular weight excluding hydrogens is 474 g/mol. The molecule has 0 aliphatic rings. The Morgan fingerprint density at radius 3 is 2.34 bits per heavy atom. The monoisotopic (exact) mass is 495 g/mol. The molecule has 4 rings (SSSR count). The molecule has 3 aromatic carbocycles. The van der Waals surface area contributed by atoms with Crippen LogP contribution in [0.2, 0.25) is 5.02 Å². The summed E-state index contributed by atoms with van der Waals surface area (Å²) in [5.41, 5.74) is 0.911. The molecule has 0 bridgehead atoms. The number of carbonyl (C=O) groups excluding carboxylic acids is 1. The second-order valence-electron chi connectivity index (χ2n) is 7.37. The van der Waals surface area contributed by atoms with Crippen LogP contribution in [-0.2, 0) is 4.79 Å². The third-order valence-electron chi connectivity index (χ3n) is 5.18. The number of benzene rings is 3. The first-order chi connectivity index (χ1) is 16.9. The van der Waals surface area contributed by atoms with Crippen LogP contribution in [0.1, 0.15) is 0 Å². The Morgan fingerprint density at radius 1 is 0.914 bits per heavy atom. The average molecular weight is 496 g/mol. The van der Waals surface area contributed by atoms with Crippen LogP contribution in [0, 0.1) is 0 Å². The van der Waals surface area contributed by atoms with Crippen molar-refractivity contribution >= 4 is 34.2 Å². The van der Waals surface area contributed by atoms with Crippen molar-refractivity contribution in [2.75, 3.05) is 33.3 Å². The van der Waals surface area contributed by atoms with Crippen molar-refractivity contribution in [3.8, 4) is 34.3 Å². The fourth-order valence-electron chi connectivity index (χ4n) is 3.46. The molecule has 0 saturated heterocycles. The Hall–Kier alpha value is -4.17. The van der Waals surface area contributed by atoms with Crippen LogP contribution < -0.4 is 29.7 Å². The van der Waals surface area contributed by atoms with Gasteiger partial charge in [-0.05, 0) is 60.7 Å². The number of methoxy groups -OCH3 is 3. The molecular formula is C26H22ClNO7. The smallest absolute Gasteiger partial charge is 0.262 e. The Labute approximate surface area is 205 Å². The lowest BCUT2D eigenvalue weighted by atomic mass is 10.1. The summed E-state index contributed by atoms with van der Waals surface area (Å²) in [6.45, 7) is -0.427. The molecule has 1 amide bonds. The molecule has 0 aliphatic carbocycles. The van der Waals surface area contributed by atoms with Gasteiger partial charge in [-0.1, -0.05) is 11.6 Å². The maximum absolute atomic E-state index is 13.3. The zero-order valence-corrected chi connectivity index (χ0v) is 20.0. The van der Waals surface area contributed by atoms with Crippen molar-refractivity contribution in [2.24, 2.45) is 0 Å². The van der Waals surface area contributed by atoms with Crippen LogP contribution >= 0.6 is 11.6 Å². The van der Waals surface area contributed by atoms with E-state index in [4.69, 9.17) is 35.0 Å². The quantitative estimate of drug-likeness (QED) is 0.361. The first kappa shape index (κ1) is 24.0. The molecule has 8 nitrogen and oxygen atoms in total. The summed E-state index contributed by atoms with van der Waals surface area (Å²) < 4.78 is 27.5. The molecule has 4 aromatic rings. The molecule has 0 aliphatic heterocycles. The highest BCUT2D eigenvalue weighted by Crippen LogP contribution is 2.37. The van der Waals surface area contributed by atoms with Crippen molar-refractivity contribution in [1.82, 2.24) is 0 Å². The lowest BCUT2D eigenvalue weighted by molar-refractivity contribution is -0.118. The van der Waals surface area contributed by atoms with E-state index in [1.165, 1.54) is 20.3 Å². The van der Waals surface area contributed by atoms with Crippen LogP contribution in [0.4, 0.5) is 5.69 Å². The second-order valence-corrected chi connectivity index (χ2v) is 7.80. The van der Waals surface area contributed by atoms with Crippen molar-refractivity contribution in [3.63, 3.8) is 0 Å². The molecule has 0 atom stereocenters. The Bertz CT molecular complexity index is 1430. The van der Waals surface area contributed by atoms with E-state index in [1.807, 2.05) is 0 Å². The number of nitrogens with one attached hydrogen (secondary N) is 1. The summed E-state index contributed by atoms with van der Waals surface area (Å²) in [5, 5.41) is 3.31. The third kappa shape index (κ3) is 5.17. The van der Waals surface area contributed by atoms with E-state index < -0.39 is 17.9 Å². The summed E-state index contributed by atoms with van der Waals surface area (Å²) in [7, 11) is 4.58. The topological polar surface area (TPSA) is 96.2 Å². The van der Waals surface area contributed by atoms with Gasteiger partial charge < -0.3 is 28.7 Å². The molecule has 1 aromatic heterocycles. The first-order valence-electron chi connectivity index (χ1n) is 10.5. The number of anilines is 1. The Kier molecular flexibility index (Phi) is 7.12. The van der Waals surface area contributed by atoms with E-state index in [0.29, 0.717) is 39.1 Å². The standard InChI is InChI=1S/C26H22ClNO7/c1-31-18-8-6-17(7-9-18)28-23(29)14-34-26-24(30)19-13-16(27)5-11-20(19)35-25(26)15-4-10-21(32-2)22(12-15)33-3/h4-13H,14H2,1-3H3,(H,28,29). The van der Waals surface area contributed by atoms with Crippen LogP contribution in [0.25, 0.3) is 22.3 Å².